The summed E-state index contributed by atoms with van der Waals surface area (Å²) in [5.41, 5.74) is 6.54. The Morgan fingerprint density at radius 1 is 1.26 bits per heavy atom. The number of amides is 1. The molecular formula is C16H32N2O. The molecule has 0 aromatic rings. The quantitative estimate of drug-likeness (QED) is 0.804. The number of carbonyl (C=O) groups excluding carboxylic acids is 1. The molecule has 0 radical (unpaired) electrons. The van der Waals surface area contributed by atoms with E-state index in [1.54, 1.807) is 0 Å². The fraction of sp³-hybridized carbons (Fsp3) is 0.938. The molecule has 3 N–H and O–H groups in total. The lowest BCUT2D eigenvalue weighted by Gasteiger charge is -2.33. The molecule has 1 aliphatic carbocycles. The number of carbonyl (C=O) groups is 1. The van der Waals surface area contributed by atoms with E-state index >= 15 is 0 Å². The van der Waals surface area contributed by atoms with Crippen molar-refractivity contribution < 1.29 is 4.79 Å². The van der Waals surface area contributed by atoms with Gasteiger partial charge in [-0.3, -0.25) is 4.79 Å². The van der Waals surface area contributed by atoms with E-state index in [1.807, 2.05) is 0 Å². The van der Waals surface area contributed by atoms with E-state index in [2.05, 4.69) is 33.0 Å². The molecule has 1 unspecified atom stereocenters. The van der Waals surface area contributed by atoms with Gasteiger partial charge in [0.05, 0.1) is 0 Å². The predicted octanol–water partition coefficient (Wildman–Crippen LogP) is 3.23. The zero-order valence-electron chi connectivity index (χ0n) is 13.2. The van der Waals surface area contributed by atoms with Gasteiger partial charge in [-0.2, -0.15) is 0 Å². The lowest BCUT2D eigenvalue weighted by molar-refractivity contribution is -0.122. The maximum absolute atomic E-state index is 11.9. The van der Waals surface area contributed by atoms with Crippen LogP contribution in [0.3, 0.4) is 0 Å². The number of hydrogen-bond donors (Lipinski definition) is 2. The van der Waals surface area contributed by atoms with E-state index in [1.165, 1.54) is 32.1 Å². The van der Waals surface area contributed by atoms with Crippen LogP contribution < -0.4 is 11.1 Å². The maximum atomic E-state index is 11.9. The lowest BCUT2D eigenvalue weighted by Crippen LogP contribution is -2.40. The molecule has 3 nitrogen and oxygen atoms in total. The minimum absolute atomic E-state index is 0.0286. The van der Waals surface area contributed by atoms with E-state index in [9.17, 15) is 4.79 Å². The van der Waals surface area contributed by atoms with Gasteiger partial charge in [0.25, 0.3) is 0 Å². The van der Waals surface area contributed by atoms with Crippen LogP contribution in [-0.2, 0) is 4.79 Å². The fourth-order valence-corrected chi connectivity index (χ4v) is 3.06. The molecule has 1 saturated carbocycles. The summed E-state index contributed by atoms with van der Waals surface area (Å²) >= 11 is 0. The Morgan fingerprint density at radius 3 is 2.37 bits per heavy atom. The summed E-state index contributed by atoms with van der Waals surface area (Å²) in [6, 6.07) is -0.0286. The van der Waals surface area contributed by atoms with E-state index in [0.29, 0.717) is 11.8 Å². The van der Waals surface area contributed by atoms with Gasteiger partial charge >= 0.3 is 0 Å². The fourth-order valence-electron chi connectivity index (χ4n) is 3.06. The second-order valence-electron chi connectivity index (χ2n) is 7.88. The zero-order chi connectivity index (χ0) is 14.5. The zero-order valence-corrected chi connectivity index (χ0v) is 13.2. The van der Waals surface area contributed by atoms with Crippen molar-refractivity contribution in [2.45, 2.75) is 78.7 Å². The predicted molar refractivity (Wildman–Crippen MR) is 80.9 cm³/mol. The van der Waals surface area contributed by atoms with E-state index in [-0.39, 0.29) is 17.4 Å². The molecular weight excluding hydrogens is 236 g/mol. The molecule has 1 atom stereocenters. The minimum atomic E-state index is -0.0286. The minimum Gasteiger partial charge on any atom is -0.356 e. The van der Waals surface area contributed by atoms with Crippen molar-refractivity contribution in [1.29, 1.82) is 0 Å². The van der Waals surface area contributed by atoms with Crippen LogP contribution in [0.25, 0.3) is 0 Å². The summed E-state index contributed by atoms with van der Waals surface area (Å²) in [4.78, 5) is 11.9. The molecule has 1 amide bonds. The molecule has 0 saturated heterocycles. The second-order valence-corrected chi connectivity index (χ2v) is 7.88. The van der Waals surface area contributed by atoms with Crippen LogP contribution in [0.5, 0.6) is 0 Å². The van der Waals surface area contributed by atoms with Crippen LogP contribution in [0, 0.1) is 10.8 Å². The molecule has 1 rings (SSSR count). The first-order valence-corrected chi connectivity index (χ1v) is 7.73. The molecule has 0 spiro atoms. The number of rotatable bonds is 5. The molecule has 0 aliphatic heterocycles. The van der Waals surface area contributed by atoms with Crippen LogP contribution in [0.2, 0.25) is 0 Å². The molecule has 0 bridgehead atoms. The number of hydrogen-bond acceptors (Lipinski definition) is 2. The van der Waals surface area contributed by atoms with Gasteiger partial charge in [0.1, 0.15) is 0 Å². The van der Waals surface area contributed by atoms with Crippen LogP contribution >= 0.6 is 0 Å². The number of nitrogens with one attached hydrogen (secondary N) is 1. The van der Waals surface area contributed by atoms with Crippen molar-refractivity contribution in [1.82, 2.24) is 5.32 Å². The van der Waals surface area contributed by atoms with E-state index in [4.69, 9.17) is 5.73 Å². The van der Waals surface area contributed by atoms with Gasteiger partial charge in [0.15, 0.2) is 0 Å². The average molecular weight is 268 g/mol. The van der Waals surface area contributed by atoms with E-state index < -0.39 is 0 Å². The van der Waals surface area contributed by atoms with Gasteiger partial charge in [-0.1, -0.05) is 47.0 Å². The smallest absolute Gasteiger partial charge is 0.221 e. The third-order valence-electron chi connectivity index (χ3n) is 4.10. The van der Waals surface area contributed by atoms with Crippen LogP contribution in [0.15, 0.2) is 0 Å². The second kappa shape index (κ2) is 6.74. The van der Waals surface area contributed by atoms with Crippen LogP contribution in [0.4, 0.5) is 0 Å². The van der Waals surface area contributed by atoms with Crippen molar-refractivity contribution >= 4 is 5.91 Å². The summed E-state index contributed by atoms with van der Waals surface area (Å²) in [6.07, 6.45) is 7.76. The van der Waals surface area contributed by atoms with E-state index in [0.717, 1.165) is 13.0 Å². The molecule has 0 aromatic carbocycles. The maximum Gasteiger partial charge on any atom is 0.221 e. The highest BCUT2D eigenvalue weighted by molar-refractivity contribution is 5.76. The molecule has 19 heavy (non-hydrogen) atoms. The largest absolute Gasteiger partial charge is 0.356 e. The first kappa shape index (κ1) is 16.5. The standard InChI is InChI=1S/C16H32N2O/c1-15(2,3)11-13(17)10-14(19)18-12-16(4)8-6-5-7-9-16/h13H,5-12,17H2,1-4H3,(H,18,19). The van der Waals surface area contributed by atoms with Gasteiger partial charge in [-0.25, -0.2) is 0 Å². The van der Waals surface area contributed by atoms with Crippen molar-refractivity contribution in [3.63, 3.8) is 0 Å². The third-order valence-corrected chi connectivity index (χ3v) is 4.10. The van der Waals surface area contributed by atoms with Gasteiger partial charge < -0.3 is 11.1 Å². The molecule has 112 valence electrons. The normalized spacial score (nSPS) is 20.9. The van der Waals surface area contributed by atoms with Gasteiger partial charge in [0, 0.05) is 19.0 Å². The Labute approximate surface area is 118 Å². The average Bonchev–Trinajstić information content (AvgIpc) is 2.25. The van der Waals surface area contributed by atoms with Gasteiger partial charge in [-0.05, 0) is 30.1 Å². The summed E-state index contributed by atoms with van der Waals surface area (Å²) in [6.45, 7) is 9.59. The number of nitrogens with two attached hydrogens (primary N) is 1. The molecule has 1 aliphatic rings. The van der Waals surface area contributed by atoms with Crippen molar-refractivity contribution in [3.05, 3.63) is 0 Å². The van der Waals surface area contributed by atoms with Gasteiger partial charge in [0.2, 0.25) is 5.91 Å². The summed E-state index contributed by atoms with van der Waals surface area (Å²) in [5, 5.41) is 3.09. The summed E-state index contributed by atoms with van der Waals surface area (Å²) in [5.74, 6) is 0.114. The Morgan fingerprint density at radius 2 is 1.84 bits per heavy atom. The van der Waals surface area contributed by atoms with Crippen molar-refractivity contribution in [2.24, 2.45) is 16.6 Å². The Bertz CT molecular complexity index is 288. The first-order valence-electron chi connectivity index (χ1n) is 7.73. The Hall–Kier alpha value is -0.570. The highest BCUT2D eigenvalue weighted by atomic mass is 16.1. The SMILES string of the molecule is CC(C)(C)CC(N)CC(=O)NCC1(C)CCCCC1. The Kier molecular flexibility index (Phi) is 5.84. The summed E-state index contributed by atoms with van der Waals surface area (Å²) < 4.78 is 0. The third kappa shape index (κ3) is 6.95. The molecule has 0 aromatic heterocycles. The first-order chi connectivity index (χ1) is 8.70. The topological polar surface area (TPSA) is 55.1 Å². The molecule has 3 heteroatoms. The monoisotopic (exact) mass is 268 g/mol. The highest BCUT2D eigenvalue weighted by Gasteiger charge is 2.27. The van der Waals surface area contributed by atoms with Crippen LogP contribution in [0.1, 0.15) is 72.6 Å². The highest BCUT2D eigenvalue weighted by Crippen LogP contribution is 2.34. The van der Waals surface area contributed by atoms with Crippen LogP contribution in [-0.4, -0.2) is 18.5 Å². The Balaban J connectivity index is 2.27. The van der Waals surface area contributed by atoms with Gasteiger partial charge in [-0.15, -0.1) is 0 Å². The summed E-state index contributed by atoms with van der Waals surface area (Å²) in [7, 11) is 0. The van der Waals surface area contributed by atoms with Crippen molar-refractivity contribution in [2.75, 3.05) is 6.54 Å². The van der Waals surface area contributed by atoms with Crippen molar-refractivity contribution in [3.8, 4) is 0 Å². The lowest BCUT2D eigenvalue weighted by atomic mass is 9.75. The molecule has 1 fully saturated rings. The molecule has 0 heterocycles.